The number of hydrogen-bond donors (Lipinski definition) is 1. The lowest BCUT2D eigenvalue weighted by molar-refractivity contribution is 0.685. The number of nitrogens with one attached hydrogen (secondary N) is 1. The van der Waals surface area contributed by atoms with E-state index >= 15 is 0 Å². The number of pyridine rings is 1. The summed E-state index contributed by atoms with van der Waals surface area (Å²) in [6.45, 7) is 6.29. The van der Waals surface area contributed by atoms with Crippen molar-refractivity contribution in [3.05, 3.63) is 70.3 Å². The molecule has 3 aromatic rings. The minimum absolute atomic E-state index is 0.589. The first-order valence-corrected chi connectivity index (χ1v) is 9.24. The molecule has 0 bridgehead atoms. The van der Waals surface area contributed by atoms with Gasteiger partial charge in [0.05, 0.1) is 10.7 Å². The van der Waals surface area contributed by atoms with E-state index in [4.69, 9.17) is 4.98 Å². The molecular weight excluding hydrogens is 314 g/mol. The summed E-state index contributed by atoms with van der Waals surface area (Å²) in [4.78, 5) is 8.75. The van der Waals surface area contributed by atoms with Crippen LogP contribution in [-0.4, -0.2) is 16.5 Å². The molecule has 24 heavy (non-hydrogen) atoms. The van der Waals surface area contributed by atoms with E-state index < -0.39 is 0 Å². The van der Waals surface area contributed by atoms with Gasteiger partial charge in [-0.05, 0) is 29.2 Å². The van der Waals surface area contributed by atoms with Crippen molar-refractivity contribution < 1.29 is 0 Å². The highest BCUT2D eigenvalue weighted by atomic mass is 32.1. The van der Waals surface area contributed by atoms with Crippen LogP contribution in [0.2, 0.25) is 0 Å². The molecule has 1 N–H and O–H groups in total. The van der Waals surface area contributed by atoms with E-state index in [-0.39, 0.29) is 0 Å². The van der Waals surface area contributed by atoms with Crippen molar-refractivity contribution in [1.82, 2.24) is 15.3 Å². The minimum atomic E-state index is 0.589. The first-order chi connectivity index (χ1) is 11.7. The Balaban J connectivity index is 1.46. The van der Waals surface area contributed by atoms with E-state index in [0.29, 0.717) is 5.92 Å². The van der Waals surface area contributed by atoms with E-state index in [2.05, 4.69) is 53.8 Å². The lowest BCUT2D eigenvalue weighted by atomic mass is 10.0. The average Bonchev–Trinajstić information content (AvgIpc) is 3.09. The fourth-order valence-corrected chi connectivity index (χ4v) is 3.34. The molecule has 0 aliphatic rings. The topological polar surface area (TPSA) is 37.8 Å². The van der Waals surface area contributed by atoms with E-state index in [9.17, 15) is 0 Å². The second kappa shape index (κ2) is 8.18. The number of benzene rings is 1. The van der Waals surface area contributed by atoms with Crippen LogP contribution in [0.1, 0.15) is 35.9 Å². The largest absolute Gasteiger partial charge is 0.312 e. The summed E-state index contributed by atoms with van der Waals surface area (Å²) in [5.41, 5.74) is 4.90. The molecular formula is C20H23N3S. The van der Waals surface area contributed by atoms with Crippen LogP contribution in [0.5, 0.6) is 0 Å². The predicted molar refractivity (Wildman–Crippen MR) is 101 cm³/mol. The van der Waals surface area contributed by atoms with Crippen molar-refractivity contribution in [2.24, 2.45) is 0 Å². The van der Waals surface area contributed by atoms with Crippen LogP contribution in [0.15, 0.2) is 54.2 Å². The van der Waals surface area contributed by atoms with E-state index in [1.54, 1.807) is 23.7 Å². The molecule has 0 spiro atoms. The fourth-order valence-electron chi connectivity index (χ4n) is 2.53. The van der Waals surface area contributed by atoms with Gasteiger partial charge in [0, 0.05) is 42.8 Å². The second-order valence-corrected chi connectivity index (χ2v) is 7.13. The van der Waals surface area contributed by atoms with Gasteiger partial charge in [-0.3, -0.25) is 4.98 Å². The van der Waals surface area contributed by atoms with Crippen LogP contribution in [0.25, 0.3) is 11.3 Å². The molecule has 2 aromatic heterocycles. The van der Waals surface area contributed by atoms with Crippen LogP contribution >= 0.6 is 11.3 Å². The standard InChI is InChI=1S/C20H23N3S/c1-15(2)17-5-3-16(4-6-17)13-22-12-9-20-23-19(14-24-20)18-7-10-21-11-8-18/h3-8,10-11,14-15,22H,9,12-13H2,1-2H3. The summed E-state index contributed by atoms with van der Waals surface area (Å²) in [6.07, 6.45) is 4.57. The van der Waals surface area contributed by atoms with Crippen molar-refractivity contribution in [3.63, 3.8) is 0 Å². The van der Waals surface area contributed by atoms with Gasteiger partial charge in [-0.1, -0.05) is 38.1 Å². The summed E-state index contributed by atoms with van der Waals surface area (Å²) in [6, 6.07) is 12.9. The number of nitrogens with zero attached hydrogens (tertiary/aromatic N) is 2. The molecule has 0 saturated heterocycles. The third-order valence-corrected chi connectivity index (χ3v) is 4.93. The summed E-state index contributed by atoms with van der Waals surface area (Å²) in [5.74, 6) is 0.589. The van der Waals surface area contributed by atoms with Gasteiger partial charge in [0.25, 0.3) is 0 Å². The second-order valence-electron chi connectivity index (χ2n) is 6.19. The Bertz CT molecular complexity index is 748. The van der Waals surface area contributed by atoms with Crippen LogP contribution < -0.4 is 5.32 Å². The molecule has 0 unspecified atom stereocenters. The predicted octanol–water partition coefficient (Wildman–Crippen LogP) is 4.66. The fraction of sp³-hybridized carbons (Fsp3) is 0.300. The lowest BCUT2D eigenvalue weighted by Crippen LogP contribution is -2.16. The van der Waals surface area contributed by atoms with Gasteiger partial charge < -0.3 is 5.32 Å². The highest BCUT2D eigenvalue weighted by Crippen LogP contribution is 2.21. The van der Waals surface area contributed by atoms with Crippen molar-refractivity contribution in [2.45, 2.75) is 32.7 Å². The normalized spacial score (nSPS) is 11.1. The Morgan fingerprint density at radius 2 is 1.79 bits per heavy atom. The number of thiazole rings is 1. The molecule has 4 heteroatoms. The van der Waals surface area contributed by atoms with Gasteiger partial charge in [-0.25, -0.2) is 4.98 Å². The Morgan fingerprint density at radius 1 is 1.04 bits per heavy atom. The quantitative estimate of drug-likeness (QED) is 0.637. The Labute approximate surface area is 147 Å². The van der Waals surface area contributed by atoms with Gasteiger partial charge in [0.1, 0.15) is 0 Å². The highest BCUT2D eigenvalue weighted by molar-refractivity contribution is 7.09. The zero-order valence-electron chi connectivity index (χ0n) is 14.2. The molecule has 0 fully saturated rings. The van der Waals surface area contributed by atoms with E-state index in [0.717, 1.165) is 30.8 Å². The van der Waals surface area contributed by atoms with Gasteiger partial charge in [-0.2, -0.15) is 0 Å². The van der Waals surface area contributed by atoms with Gasteiger partial charge in [0.2, 0.25) is 0 Å². The Morgan fingerprint density at radius 3 is 2.50 bits per heavy atom. The average molecular weight is 337 g/mol. The zero-order chi connectivity index (χ0) is 16.8. The summed E-state index contributed by atoms with van der Waals surface area (Å²) in [5, 5.41) is 6.80. The Kier molecular flexibility index (Phi) is 5.72. The summed E-state index contributed by atoms with van der Waals surface area (Å²) in [7, 11) is 0. The van der Waals surface area contributed by atoms with E-state index in [1.165, 1.54) is 16.1 Å². The van der Waals surface area contributed by atoms with Crippen molar-refractivity contribution in [2.75, 3.05) is 6.54 Å². The molecule has 3 nitrogen and oxygen atoms in total. The molecule has 0 atom stereocenters. The molecule has 0 radical (unpaired) electrons. The van der Waals surface area contributed by atoms with Crippen molar-refractivity contribution >= 4 is 11.3 Å². The first-order valence-electron chi connectivity index (χ1n) is 8.37. The number of hydrogen-bond acceptors (Lipinski definition) is 4. The first kappa shape index (κ1) is 16.8. The maximum atomic E-state index is 4.71. The molecule has 124 valence electrons. The summed E-state index contributed by atoms with van der Waals surface area (Å²) < 4.78 is 0. The third kappa shape index (κ3) is 4.49. The molecule has 3 rings (SSSR count). The van der Waals surface area contributed by atoms with Gasteiger partial charge >= 0.3 is 0 Å². The van der Waals surface area contributed by atoms with Crippen molar-refractivity contribution in [1.29, 1.82) is 0 Å². The van der Waals surface area contributed by atoms with Crippen LogP contribution in [0, 0.1) is 0 Å². The van der Waals surface area contributed by atoms with Gasteiger partial charge in [-0.15, -0.1) is 11.3 Å². The smallest absolute Gasteiger partial charge is 0.0945 e. The summed E-state index contributed by atoms with van der Waals surface area (Å²) >= 11 is 1.72. The SMILES string of the molecule is CC(C)c1ccc(CNCCc2nc(-c3ccncc3)cs2)cc1. The van der Waals surface area contributed by atoms with Crippen LogP contribution in [-0.2, 0) is 13.0 Å². The zero-order valence-corrected chi connectivity index (χ0v) is 15.0. The highest BCUT2D eigenvalue weighted by Gasteiger charge is 2.04. The molecule has 0 aliphatic heterocycles. The molecule has 2 heterocycles. The van der Waals surface area contributed by atoms with Crippen LogP contribution in [0.4, 0.5) is 0 Å². The van der Waals surface area contributed by atoms with Crippen LogP contribution in [0.3, 0.4) is 0 Å². The van der Waals surface area contributed by atoms with Crippen molar-refractivity contribution in [3.8, 4) is 11.3 Å². The maximum Gasteiger partial charge on any atom is 0.0945 e. The third-order valence-electron chi connectivity index (χ3n) is 4.02. The van der Waals surface area contributed by atoms with Gasteiger partial charge in [0.15, 0.2) is 0 Å². The minimum Gasteiger partial charge on any atom is -0.312 e. The monoisotopic (exact) mass is 337 g/mol. The lowest BCUT2D eigenvalue weighted by Gasteiger charge is -2.07. The number of aromatic nitrogens is 2. The Hall–Kier alpha value is -2.04. The van der Waals surface area contributed by atoms with E-state index in [1.807, 2.05) is 12.1 Å². The molecule has 1 aromatic carbocycles. The molecule has 0 saturated carbocycles. The molecule has 0 aliphatic carbocycles. The maximum absolute atomic E-state index is 4.71. The molecule has 0 amide bonds. The number of rotatable bonds is 7.